The molecule has 0 atom stereocenters. The van der Waals surface area contributed by atoms with Gasteiger partial charge in [0.2, 0.25) is 0 Å². The van der Waals surface area contributed by atoms with Gasteiger partial charge < -0.3 is 10.4 Å². The average Bonchev–Trinajstić information content (AvgIpc) is 2.22. The van der Waals surface area contributed by atoms with Gasteiger partial charge in [0.1, 0.15) is 5.75 Å². The van der Waals surface area contributed by atoms with Crippen molar-refractivity contribution in [1.82, 2.24) is 10.7 Å². The number of hydrogen-bond donors (Lipinski definition) is 3. The number of nitrogens with zero attached hydrogens (tertiary/aromatic N) is 1. The van der Waals surface area contributed by atoms with Crippen LogP contribution in [0.4, 0.5) is 4.79 Å². The van der Waals surface area contributed by atoms with Crippen molar-refractivity contribution in [2.75, 3.05) is 0 Å². The number of phenolic OH excluding ortho intramolecular Hbond substituents is 1. The molecule has 0 saturated heterocycles. The summed E-state index contributed by atoms with van der Waals surface area (Å²) < 4.78 is 0.459. The number of aromatic hydroxyl groups is 1. The fraction of sp³-hybridized carbons (Fsp3) is 0.333. The summed E-state index contributed by atoms with van der Waals surface area (Å²) in [7, 11) is 0. The Balaban J connectivity index is 2.71. The molecule has 0 saturated carbocycles. The number of hydrazone groups is 1. The number of hydrogen-bond acceptors (Lipinski definition) is 3. The lowest BCUT2D eigenvalue weighted by molar-refractivity contribution is 0.232. The molecule has 1 aromatic carbocycles. The predicted molar refractivity (Wildman–Crippen MR) is 79.8 cm³/mol. The molecule has 7 heteroatoms. The van der Waals surface area contributed by atoms with Gasteiger partial charge in [-0.05, 0) is 48.8 Å². The molecule has 3 N–H and O–H groups in total. The van der Waals surface area contributed by atoms with Gasteiger partial charge in [-0.3, -0.25) is 0 Å². The molecule has 0 aliphatic rings. The van der Waals surface area contributed by atoms with Gasteiger partial charge in [-0.2, -0.15) is 5.10 Å². The number of amides is 2. The Kier molecular flexibility index (Phi) is 5.20. The van der Waals surface area contributed by atoms with Gasteiger partial charge in [-0.15, -0.1) is 0 Å². The fourth-order valence-corrected chi connectivity index (χ4v) is 2.05. The van der Waals surface area contributed by atoms with Gasteiger partial charge in [0, 0.05) is 16.1 Å². The number of nitrogens with one attached hydrogen (secondary N) is 2. The molecule has 0 radical (unpaired) electrons. The van der Waals surface area contributed by atoms with Crippen LogP contribution in [0.15, 0.2) is 21.7 Å². The molecular weight excluding hydrogens is 334 g/mol. The first-order chi connectivity index (χ1) is 8.69. The Morgan fingerprint density at radius 2 is 2.11 bits per heavy atom. The number of phenols is 1. The third-order valence-corrected chi connectivity index (χ3v) is 2.74. The van der Waals surface area contributed by atoms with Crippen LogP contribution < -0.4 is 10.7 Å². The van der Waals surface area contributed by atoms with Crippen LogP contribution in [0, 0.1) is 0 Å². The van der Waals surface area contributed by atoms with Crippen molar-refractivity contribution in [3.05, 3.63) is 27.2 Å². The molecule has 0 spiro atoms. The molecule has 5 nitrogen and oxygen atoms in total. The van der Waals surface area contributed by atoms with Gasteiger partial charge in [0.05, 0.1) is 10.7 Å². The number of carbonyl (C=O) groups excluding carboxylic acids is 1. The molecule has 0 aliphatic carbocycles. The number of halogens is 2. The summed E-state index contributed by atoms with van der Waals surface area (Å²) in [6, 6.07) is 2.67. The van der Waals surface area contributed by atoms with E-state index in [1.54, 1.807) is 6.07 Å². The molecule has 0 fully saturated rings. The first kappa shape index (κ1) is 15.8. The van der Waals surface area contributed by atoms with Crippen molar-refractivity contribution in [3.63, 3.8) is 0 Å². The van der Waals surface area contributed by atoms with E-state index in [0.29, 0.717) is 15.1 Å². The standard InChI is InChI=1S/C12H15BrClN3O2/c1-12(2,3)16-11(19)17-15-6-7-4-8(14)5-9(13)10(7)18/h4-6,18H,1-3H3,(H2,16,17,19)/b15-6+. The first-order valence-electron chi connectivity index (χ1n) is 5.48. The second-order valence-corrected chi connectivity index (χ2v) is 6.19. The van der Waals surface area contributed by atoms with E-state index in [0.717, 1.165) is 0 Å². The number of benzene rings is 1. The lowest BCUT2D eigenvalue weighted by atomic mass is 10.1. The highest BCUT2D eigenvalue weighted by Gasteiger charge is 2.12. The van der Waals surface area contributed by atoms with E-state index in [2.05, 4.69) is 31.8 Å². The highest BCUT2D eigenvalue weighted by molar-refractivity contribution is 9.10. The second kappa shape index (κ2) is 6.25. The molecule has 0 bridgehead atoms. The summed E-state index contributed by atoms with van der Waals surface area (Å²) >= 11 is 9.01. The van der Waals surface area contributed by atoms with E-state index in [1.807, 2.05) is 20.8 Å². The Hall–Kier alpha value is -1.27. The Morgan fingerprint density at radius 3 is 2.68 bits per heavy atom. The van der Waals surface area contributed by atoms with E-state index < -0.39 is 6.03 Å². The minimum Gasteiger partial charge on any atom is -0.506 e. The molecule has 2 amide bonds. The smallest absolute Gasteiger partial charge is 0.335 e. The molecule has 0 unspecified atom stereocenters. The third-order valence-electron chi connectivity index (χ3n) is 1.92. The van der Waals surface area contributed by atoms with Crippen LogP contribution in [-0.2, 0) is 0 Å². The molecule has 0 heterocycles. The Morgan fingerprint density at radius 1 is 1.47 bits per heavy atom. The molecular formula is C12H15BrClN3O2. The van der Waals surface area contributed by atoms with Gasteiger partial charge in [0.25, 0.3) is 0 Å². The van der Waals surface area contributed by atoms with E-state index in [9.17, 15) is 9.90 Å². The molecule has 19 heavy (non-hydrogen) atoms. The van der Waals surface area contributed by atoms with E-state index in [1.165, 1.54) is 12.3 Å². The summed E-state index contributed by atoms with van der Waals surface area (Å²) in [5.41, 5.74) is 2.36. The maximum atomic E-state index is 11.4. The molecule has 0 aliphatic heterocycles. The highest BCUT2D eigenvalue weighted by Crippen LogP contribution is 2.30. The molecule has 104 valence electrons. The normalized spacial score (nSPS) is 11.6. The topological polar surface area (TPSA) is 73.7 Å². The maximum Gasteiger partial charge on any atom is 0.335 e. The first-order valence-corrected chi connectivity index (χ1v) is 6.65. The average molecular weight is 349 g/mol. The van der Waals surface area contributed by atoms with Crippen LogP contribution in [0.5, 0.6) is 5.75 Å². The molecule has 0 aromatic heterocycles. The summed E-state index contributed by atoms with van der Waals surface area (Å²) in [6.07, 6.45) is 1.31. The number of carbonyl (C=O) groups is 1. The monoisotopic (exact) mass is 347 g/mol. The van der Waals surface area contributed by atoms with Gasteiger partial charge >= 0.3 is 6.03 Å². The van der Waals surface area contributed by atoms with E-state index in [-0.39, 0.29) is 11.3 Å². The lowest BCUT2D eigenvalue weighted by Crippen LogP contribution is -2.44. The van der Waals surface area contributed by atoms with Gasteiger partial charge in [0.15, 0.2) is 0 Å². The van der Waals surface area contributed by atoms with Crippen molar-refractivity contribution in [1.29, 1.82) is 0 Å². The van der Waals surface area contributed by atoms with Crippen molar-refractivity contribution < 1.29 is 9.90 Å². The van der Waals surface area contributed by atoms with E-state index in [4.69, 9.17) is 11.6 Å². The van der Waals surface area contributed by atoms with Crippen LogP contribution in [-0.4, -0.2) is 22.9 Å². The predicted octanol–water partition coefficient (Wildman–Crippen LogP) is 3.24. The fourth-order valence-electron chi connectivity index (χ4n) is 1.21. The minimum absolute atomic E-state index is 0.00572. The largest absolute Gasteiger partial charge is 0.506 e. The van der Waals surface area contributed by atoms with E-state index >= 15 is 0 Å². The molecule has 1 rings (SSSR count). The summed E-state index contributed by atoms with van der Waals surface area (Å²) in [5, 5.41) is 16.6. The Labute approximate surface area is 125 Å². The molecule has 1 aromatic rings. The van der Waals surface area contributed by atoms with Crippen LogP contribution in [0.3, 0.4) is 0 Å². The van der Waals surface area contributed by atoms with Gasteiger partial charge in [-0.25, -0.2) is 10.2 Å². The zero-order valence-electron chi connectivity index (χ0n) is 10.8. The van der Waals surface area contributed by atoms with Crippen LogP contribution >= 0.6 is 27.5 Å². The van der Waals surface area contributed by atoms with Crippen molar-refractivity contribution in [3.8, 4) is 5.75 Å². The van der Waals surface area contributed by atoms with Gasteiger partial charge in [-0.1, -0.05) is 11.6 Å². The van der Waals surface area contributed by atoms with Crippen molar-refractivity contribution >= 4 is 39.8 Å². The SMILES string of the molecule is CC(C)(C)NC(=O)N/N=C/c1cc(Cl)cc(Br)c1O. The Bertz CT molecular complexity index is 512. The summed E-state index contributed by atoms with van der Waals surface area (Å²) in [6.45, 7) is 5.57. The zero-order valence-corrected chi connectivity index (χ0v) is 13.1. The highest BCUT2D eigenvalue weighted by atomic mass is 79.9. The third kappa shape index (κ3) is 5.48. The quantitative estimate of drug-likeness (QED) is 0.567. The van der Waals surface area contributed by atoms with Crippen LogP contribution in [0.25, 0.3) is 0 Å². The number of rotatable bonds is 2. The maximum absolute atomic E-state index is 11.4. The second-order valence-electron chi connectivity index (χ2n) is 4.90. The summed E-state index contributed by atoms with van der Waals surface area (Å²) in [4.78, 5) is 11.4. The number of urea groups is 1. The van der Waals surface area contributed by atoms with Crippen LogP contribution in [0.2, 0.25) is 5.02 Å². The van der Waals surface area contributed by atoms with Crippen molar-refractivity contribution in [2.45, 2.75) is 26.3 Å². The van der Waals surface area contributed by atoms with Crippen LogP contribution in [0.1, 0.15) is 26.3 Å². The lowest BCUT2D eigenvalue weighted by Gasteiger charge is -2.19. The summed E-state index contributed by atoms with van der Waals surface area (Å²) in [5.74, 6) is 0.00572. The zero-order chi connectivity index (χ0) is 14.6. The van der Waals surface area contributed by atoms with Crippen molar-refractivity contribution in [2.24, 2.45) is 5.10 Å². The minimum atomic E-state index is -0.427.